The molecule has 1 aliphatic rings. The fourth-order valence-corrected chi connectivity index (χ4v) is 3.65. The third-order valence-electron chi connectivity index (χ3n) is 5.25. The molecule has 2 heterocycles. The molecule has 5 nitrogen and oxygen atoms in total. The highest BCUT2D eigenvalue weighted by Crippen LogP contribution is 2.27. The lowest BCUT2D eigenvalue weighted by Gasteiger charge is -2.28. The SMILES string of the molecule is CCC1CCC(NC(=O)c2cc3cnn(C(C)C)c3nc2C)CC1. The molecule has 0 aliphatic heterocycles. The van der Waals surface area contributed by atoms with Crippen LogP contribution >= 0.6 is 0 Å². The summed E-state index contributed by atoms with van der Waals surface area (Å²) >= 11 is 0. The van der Waals surface area contributed by atoms with Crippen LogP contribution in [0.25, 0.3) is 11.0 Å². The number of fused-ring (bicyclic) bond motifs is 1. The predicted molar refractivity (Wildman–Crippen MR) is 96.2 cm³/mol. The van der Waals surface area contributed by atoms with Gasteiger partial charge in [0, 0.05) is 17.5 Å². The van der Waals surface area contributed by atoms with Crippen molar-refractivity contribution in [3.63, 3.8) is 0 Å². The maximum atomic E-state index is 12.7. The van der Waals surface area contributed by atoms with Crippen LogP contribution < -0.4 is 5.32 Å². The van der Waals surface area contributed by atoms with Crippen LogP contribution in [0, 0.1) is 12.8 Å². The monoisotopic (exact) mass is 328 g/mol. The van der Waals surface area contributed by atoms with Gasteiger partial charge in [0.05, 0.1) is 17.5 Å². The van der Waals surface area contributed by atoms with E-state index in [0.29, 0.717) is 11.6 Å². The fourth-order valence-electron chi connectivity index (χ4n) is 3.65. The summed E-state index contributed by atoms with van der Waals surface area (Å²) in [4.78, 5) is 17.3. The molecule has 0 unspecified atom stereocenters. The maximum absolute atomic E-state index is 12.7. The van der Waals surface area contributed by atoms with Crippen LogP contribution in [0.1, 0.15) is 75.0 Å². The van der Waals surface area contributed by atoms with Gasteiger partial charge in [-0.1, -0.05) is 13.3 Å². The molecule has 2 aromatic heterocycles. The van der Waals surface area contributed by atoms with Gasteiger partial charge in [0.25, 0.3) is 5.91 Å². The van der Waals surface area contributed by atoms with Crippen LogP contribution in [-0.4, -0.2) is 26.7 Å². The summed E-state index contributed by atoms with van der Waals surface area (Å²) in [5, 5.41) is 8.53. The van der Waals surface area contributed by atoms with E-state index in [4.69, 9.17) is 0 Å². The molecule has 0 saturated heterocycles. The number of pyridine rings is 1. The Hall–Kier alpha value is -1.91. The summed E-state index contributed by atoms with van der Waals surface area (Å²) in [6, 6.07) is 2.48. The molecule has 1 N–H and O–H groups in total. The van der Waals surface area contributed by atoms with E-state index in [0.717, 1.165) is 35.5 Å². The molecule has 0 aromatic carbocycles. The Balaban J connectivity index is 1.76. The zero-order valence-electron chi connectivity index (χ0n) is 15.2. The van der Waals surface area contributed by atoms with Gasteiger partial charge in [-0.25, -0.2) is 9.67 Å². The third-order valence-corrected chi connectivity index (χ3v) is 5.25. The highest BCUT2D eigenvalue weighted by atomic mass is 16.1. The van der Waals surface area contributed by atoms with Gasteiger partial charge in [-0.3, -0.25) is 4.79 Å². The van der Waals surface area contributed by atoms with E-state index < -0.39 is 0 Å². The Bertz CT molecular complexity index is 726. The zero-order chi connectivity index (χ0) is 17.3. The summed E-state index contributed by atoms with van der Waals surface area (Å²) < 4.78 is 1.90. The molecule has 130 valence electrons. The van der Waals surface area contributed by atoms with Crippen LogP contribution in [-0.2, 0) is 0 Å². The first-order valence-corrected chi connectivity index (χ1v) is 9.15. The second-order valence-corrected chi connectivity index (χ2v) is 7.32. The van der Waals surface area contributed by atoms with Gasteiger partial charge in [-0.2, -0.15) is 5.10 Å². The summed E-state index contributed by atoms with van der Waals surface area (Å²) in [5.74, 6) is 0.832. The van der Waals surface area contributed by atoms with Gasteiger partial charge in [-0.05, 0) is 58.4 Å². The molecule has 2 aromatic rings. The number of nitrogens with one attached hydrogen (secondary N) is 1. The number of amides is 1. The molecular weight excluding hydrogens is 300 g/mol. The molecule has 0 spiro atoms. The molecule has 1 aliphatic carbocycles. The van der Waals surface area contributed by atoms with Crippen LogP contribution in [0.15, 0.2) is 12.3 Å². The van der Waals surface area contributed by atoms with E-state index in [-0.39, 0.29) is 11.9 Å². The minimum absolute atomic E-state index is 0.000791. The first kappa shape index (κ1) is 16.9. The van der Waals surface area contributed by atoms with Crippen molar-refractivity contribution in [2.45, 2.75) is 71.9 Å². The van der Waals surface area contributed by atoms with Crippen molar-refractivity contribution in [2.75, 3.05) is 0 Å². The molecule has 0 radical (unpaired) electrons. The number of hydrogen-bond donors (Lipinski definition) is 1. The highest BCUT2D eigenvalue weighted by molar-refractivity contribution is 5.98. The predicted octanol–water partition coefficient (Wildman–Crippen LogP) is 4.02. The molecular formula is C19H28N4O. The summed E-state index contributed by atoms with van der Waals surface area (Å²) in [5.41, 5.74) is 2.29. The Morgan fingerprint density at radius 3 is 2.67 bits per heavy atom. The Morgan fingerprint density at radius 1 is 1.33 bits per heavy atom. The lowest BCUT2D eigenvalue weighted by Crippen LogP contribution is -2.38. The van der Waals surface area contributed by atoms with Gasteiger partial charge in [0.1, 0.15) is 0 Å². The first-order chi connectivity index (χ1) is 11.5. The number of carbonyl (C=O) groups excluding carboxylic acids is 1. The van der Waals surface area contributed by atoms with Crippen molar-refractivity contribution >= 4 is 16.9 Å². The molecule has 0 bridgehead atoms. The quantitative estimate of drug-likeness (QED) is 0.922. The van der Waals surface area contributed by atoms with Crippen molar-refractivity contribution < 1.29 is 4.79 Å². The van der Waals surface area contributed by atoms with Crippen LogP contribution in [0.5, 0.6) is 0 Å². The van der Waals surface area contributed by atoms with Crippen molar-refractivity contribution in [3.8, 4) is 0 Å². The molecule has 1 saturated carbocycles. The first-order valence-electron chi connectivity index (χ1n) is 9.15. The minimum atomic E-state index is -0.000791. The van der Waals surface area contributed by atoms with E-state index in [9.17, 15) is 4.79 Å². The van der Waals surface area contributed by atoms with Gasteiger partial charge >= 0.3 is 0 Å². The summed E-state index contributed by atoms with van der Waals surface area (Å²) in [6.07, 6.45) is 7.66. The van der Waals surface area contributed by atoms with E-state index in [2.05, 4.69) is 36.2 Å². The smallest absolute Gasteiger partial charge is 0.253 e. The van der Waals surface area contributed by atoms with Crippen molar-refractivity contribution in [1.29, 1.82) is 0 Å². The van der Waals surface area contributed by atoms with Gasteiger partial charge < -0.3 is 5.32 Å². The molecule has 0 atom stereocenters. The number of hydrogen-bond acceptors (Lipinski definition) is 3. The number of nitrogens with zero attached hydrogens (tertiary/aromatic N) is 3. The van der Waals surface area contributed by atoms with Crippen molar-refractivity contribution in [1.82, 2.24) is 20.1 Å². The second-order valence-electron chi connectivity index (χ2n) is 7.32. The van der Waals surface area contributed by atoms with E-state index in [1.54, 1.807) is 6.20 Å². The lowest BCUT2D eigenvalue weighted by molar-refractivity contribution is 0.0920. The standard InChI is InChI=1S/C19H28N4O/c1-5-14-6-8-16(9-7-14)22-19(24)17-10-15-11-20-23(12(2)3)18(15)21-13(17)4/h10-12,14,16H,5-9H2,1-4H3,(H,22,24). The Labute approximate surface area is 143 Å². The molecule has 3 rings (SSSR count). The number of aromatic nitrogens is 3. The van der Waals surface area contributed by atoms with Gasteiger partial charge in [0.15, 0.2) is 5.65 Å². The number of rotatable bonds is 4. The van der Waals surface area contributed by atoms with E-state index >= 15 is 0 Å². The largest absolute Gasteiger partial charge is 0.349 e. The third kappa shape index (κ3) is 3.30. The average Bonchev–Trinajstić information content (AvgIpc) is 2.97. The Morgan fingerprint density at radius 2 is 2.04 bits per heavy atom. The van der Waals surface area contributed by atoms with Crippen LogP contribution in [0.2, 0.25) is 0 Å². The molecule has 1 amide bonds. The molecule has 5 heteroatoms. The van der Waals surface area contributed by atoms with Crippen LogP contribution in [0.3, 0.4) is 0 Å². The summed E-state index contributed by atoms with van der Waals surface area (Å²) in [7, 11) is 0. The van der Waals surface area contributed by atoms with Gasteiger partial charge in [0.2, 0.25) is 0 Å². The number of aryl methyl sites for hydroxylation is 1. The van der Waals surface area contributed by atoms with E-state index in [1.807, 2.05) is 17.7 Å². The Kier molecular flexibility index (Phi) is 4.88. The average molecular weight is 328 g/mol. The topological polar surface area (TPSA) is 59.8 Å². The number of carbonyl (C=O) groups is 1. The van der Waals surface area contributed by atoms with Crippen LogP contribution in [0.4, 0.5) is 0 Å². The lowest BCUT2D eigenvalue weighted by atomic mass is 9.84. The minimum Gasteiger partial charge on any atom is -0.349 e. The zero-order valence-corrected chi connectivity index (χ0v) is 15.2. The van der Waals surface area contributed by atoms with E-state index in [1.165, 1.54) is 19.3 Å². The normalized spacial score (nSPS) is 21.4. The summed E-state index contributed by atoms with van der Waals surface area (Å²) in [6.45, 7) is 8.32. The van der Waals surface area contributed by atoms with Crippen molar-refractivity contribution in [3.05, 3.63) is 23.5 Å². The highest BCUT2D eigenvalue weighted by Gasteiger charge is 2.23. The van der Waals surface area contributed by atoms with Crippen molar-refractivity contribution in [2.24, 2.45) is 5.92 Å². The molecule has 1 fully saturated rings. The molecule has 24 heavy (non-hydrogen) atoms. The van der Waals surface area contributed by atoms with Gasteiger partial charge in [-0.15, -0.1) is 0 Å². The fraction of sp³-hybridized carbons (Fsp3) is 0.632. The second kappa shape index (κ2) is 6.91. The maximum Gasteiger partial charge on any atom is 0.253 e.